The highest BCUT2D eigenvalue weighted by Gasteiger charge is 2.06. The standard InChI is InChI=1S/C10H9FN4O/c11-7-1-2-9(12-5-7)10(16)13-6-8-3-4-14-15-8/h1-5H,6H2,(H,13,16)(H,14,15). The normalized spacial score (nSPS) is 10.1. The van der Waals surface area contributed by atoms with Crippen LogP contribution in [0.5, 0.6) is 0 Å². The Morgan fingerprint density at radius 1 is 1.44 bits per heavy atom. The molecule has 0 saturated heterocycles. The highest BCUT2D eigenvalue weighted by molar-refractivity contribution is 5.92. The van der Waals surface area contributed by atoms with Crippen molar-refractivity contribution >= 4 is 5.91 Å². The van der Waals surface area contributed by atoms with Gasteiger partial charge in [0.15, 0.2) is 0 Å². The molecular weight excluding hydrogens is 211 g/mol. The molecule has 2 aromatic heterocycles. The molecule has 0 aliphatic rings. The van der Waals surface area contributed by atoms with Gasteiger partial charge in [-0.2, -0.15) is 5.10 Å². The van der Waals surface area contributed by atoms with Crippen LogP contribution in [0, 0.1) is 5.82 Å². The van der Waals surface area contributed by atoms with E-state index in [-0.39, 0.29) is 11.6 Å². The van der Waals surface area contributed by atoms with Crippen molar-refractivity contribution in [2.24, 2.45) is 0 Å². The molecular formula is C10H9FN4O. The van der Waals surface area contributed by atoms with Crippen LogP contribution in [0.15, 0.2) is 30.6 Å². The van der Waals surface area contributed by atoms with Gasteiger partial charge in [-0.15, -0.1) is 0 Å². The third kappa shape index (κ3) is 2.41. The lowest BCUT2D eigenvalue weighted by atomic mass is 10.3. The number of hydrogen-bond donors (Lipinski definition) is 2. The first-order chi connectivity index (χ1) is 7.75. The summed E-state index contributed by atoms with van der Waals surface area (Å²) in [6, 6.07) is 4.27. The molecule has 0 fully saturated rings. The molecule has 2 rings (SSSR count). The minimum absolute atomic E-state index is 0.181. The molecule has 5 nitrogen and oxygen atoms in total. The first-order valence-corrected chi connectivity index (χ1v) is 4.64. The molecule has 2 heterocycles. The number of nitrogens with one attached hydrogen (secondary N) is 2. The van der Waals surface area contributed by atoms with Crippen LogP contribution < -0.4 is 5.32 Å². The molecule has 0 unspecified atom stereocenters. The molecule has 2 aromatic rings. The number of carbonyl (C=O) groups excluding carboxylic acids is 1. The summed E-state index contributed by atoms with van der Waals surface area (Å²) in [7, 11) is 0. The molecule has 0 aliphatic heterocycles. The highest BCUT2D eigenvalue weighted by Crippen LogP contribution is 1.98. The van der Waals surface area contributed by atoms with Gasteiger partial charge in [0.2, 0.25) is 0 Å². The number of aromatic nitrogens is 3. The zero-order chi connectivity index (χ0) is 11.4. The van der Waals surface area contributed by atoms with Crippen LogP contribution >= 0.6 is 0 Å². The third-order valence-electron chi connectivity index (χ3n) is 1.96. The van der Waals surface area contributed by atoms with Gasteiger partial charge in [0.25, 0.3) is 5.91 Å². The maximum Gasteiger partial charge on any atom is 0.270 e. The van der Waals surface area contributed by atoms with Crippen LogP contribution in [0.25, 0.3) is 0 Å². The molecule has 16 heavy (non-hydrogen) atoms. The lowest BCUT2D eigenvalue weighted by Gasteiger charge is -2.02. The Kier molecular flexibility index (Phi) is 2.90. The molecule has 2 N–H and O–H groups in total. The van der Waals surface area contributed by atoms with Crippen molar-refractivity contribution in [1.82, 2.24) is 20.5 Å². The molecule has 0 bridgehead atoms. The Hall–Kier alpha value is -2.24. The average molecular weight is 220 g/mol. The molecule has 0 radical (unpaired) electrons. The molecule has 0 aliphatic carbocycles. The van der Waals surface area contributed by atoms with Gasteiger partial charge >= 0.3 is 0 Å². The first kappa shape index (κ1) is 10.3. The number of hydrogen-bond acceptors (Lipinski definition) is 3. The van der Waals surface area contributed by atoms with Crippen LogP contribution in [0.2, 0.25) is 0 Å². The Morgan fingerprint density at radius 3 is 2.94 bits per heavy atom. The first-order valence-electron chi connectivity index (χ1n) is 4.64. The van der Waals surface area contributed by atoms with E-state index >= 15 is 0 Å². The number of carbonyl (C=O) groups is 1. The summed E-state index contributed by atoms with van der Waals surface area (Å²) >= 11 is 0. The number of halogens is 1. The van der Waals surface area contributed by atoms with Gasteiger partial charge < -0.3 is 5.32 Å². The third-order valence-corrected chi connectivity index (χ3v) is 1.96. The number of nitrogens with zero attached hydrogens (tertiary/aromatic N) is 2. The summed E-state index contributed by atoms with van der Waals surface area (Å²) in [6.07, 6.45) is 2.60. The maximum absolute atomic E-state index is 12.6. The van der Waals surface area contributed by atoms with Crippen molar-refractivity contribution < 1.29 is 9.18 Å². The second kappa shape index (κ2) is 4.52. The molecule has 6 heteroatoms. The fraction of sp³-hybridized carbons (Fsp3) is 0.100. The minimum Gasteiger partial charge on any atom is -0.345 e. The van der Waals surface area contributed by atoms with Crippen molar-refractivity contribution in [3.05, 3.63) is 47.8 Å². The summed E-state index contributed by atoms with van der Waals surface area (Å²) < 4.78 is 12.6. The summed E-state index contributed by atoms with van der Waals surface area (Å²) in [5.74, 6) is -0.820. The van der Waals surface area contributed by atoms with Gasteiger partial charge in [0.1, 0.15) is 11.5 Å². The van der Waals surface area contributed by atoms with Gasteiger partial charge in [0, 0.05) is 6.20 Å². The second-order valence-electron chi connectivity index (χ2n) is 3.13. The van der Waals surface area contributed by atoms with Crippen LogP contribution in [-0.2, 0) is 6.54 Å². The highest BCUT2D eigenvalue weighted by atomic mass is 19.1. The van der Waals surface area contributed by atoms with Crippen molar-refractivity contribution in [1.29, 1.82) is 0 Å². The van der Waals surface area contributed by atoms with Gasteiger partial charge in [0.05, 0.1) is 18.4 Å². The Morgan fingerprint density at radius 2 is 2.31 bits per heavy atom. The lowest BCUT2D eigenvalue weighted by molar-refractivity contribution is 0.0945. The van der Waals surface area contributed by atoms with E-state index in [2.05, 4.69) is 20.5 Å². The molecule has 82 valence electrons. The van der Waals surface area contributed by atoms with Crippen LogP contribution in [-0.4, -0.2) is 21.1 Å². The average Bonchev–Trinajstić information content (AvgIpc) is 2.80. The van der Waals surface area contributed by atoms with E-state index in [0.29, 0.717) is 6.54 Å². The van der Waals surface area contributed by atoms with Gasteiger partial charge in [-0.1, -0.05) is 0 Å². The monoisotopic (exact) mass is 220 g/mol. The summed E-state index contributed by atoms with van der Waals surface area (Å²) in [4.78, 5) is 15.2. The van der Waals surface area contributed by atoms with Crippen molar-refractivity contribution in [3.8, 4) is 0 Å². The van der Waals surface area contributed by atoms with Gasteiger partial charge in [-0.25, -0.2) is 9.37 Å². The van der Waals surface area contributed by atoms with E-state index in [1.807, 2.05) is 0 Å². The minimum atomic E-state index is -0.467. The fourth-order valence-corrected chi connectivity index (χ4v) is 1.16. The second-order valence-corrected chi connectivity index (χ2v) is 3.13. The predicted octanol–water partition coefficient (Wildman–Crippen LogP) is 0.874. The number of aromatic amines is 1. The summed E-state index contributed by atoms with van der Waals surface area (Å²) in [5.41, 5.74) is 0.969. The zero-order valence-electron chi connectivity index (χ0n) is 8.27. The zero-order valence-corrected chi connectivity index (χ0v) is 8.27. The fourth-order valence-electron chi connectivity index (χ4n) is 1.16. The number of amides is 1. The topological polar surface area (TPSA) is 70.7 Å². The number of H-pyrrole nitrogens is 1. The van der Waals surface area contributed by atoms with Gasteiger partial charge in [-0.05, 0) is 18.2 Å². The van der Waals surface area contributed by atoms with E-state index < -0.39 is 5.82 Å². The molecule has 0 saturated carbocycles. The Balaban J connectivity index is 1.95. The van der Waals surface area contributed by atoms with Gasteiger partial charge in [-0.3, -0.25) is 9.89 Å². The summed E-state index contributed by atoms with van der Waals surface area (Å²) in [6.45, 7) is 0.331. The van der Waals surface area contributed by atoms with E-state index in [1.54, 1.807) is 12.3 Å². The van der Waals surface area contributed by atoms with Crippen molar-refractivity contribution in [2.45, 2.75) is 6.54 Å². The smallest absolute Gasteiger partial charge is 0.270 e. The molecule has 0 atom stereocenters. The van der Waals surface area contributed by atoms with Crippen molar-refractivity contribution in [3.63, 3.8) is 0 Å². The van der Waals surface area contributed by atoms with E-state index in [4.69, 9.17) is 0 Å². The largest absolute Gasteiger partial charge is 0.345 e. The molecule has 0 spiro atoms. The molecule has 0 aromatic carbocycles. The predicted molar refractivity (Wildman–Crippen MR) is 54.0 cm³/mol. The Bertz CT molecular complexity index is 466. The van der Waals surface area contributed by atoms with Crippen molar-refractivity contribution in [2.75, 3.05) is 0 Å². The van der Waals surface area contributed by atoms with Crippen LogP contribution in [0.3, 0.4) is 0 Å². The number of rotatable bonds is 3. The summed E-state index contributed by atoms with van der Waals surface area (Å²) in [5, 5.41) is 9.08. The van der Waals surface area contributed by atoms with E-state index in [1.165, 1.54) is 12.1 Å². The number of pyridine rings is 1. The van der Waals surface area contributed by atoms with E-state index in [9.17, 15) is 9.18 Å². The quantitative estimate of drug-likeness (QED) is 0.806. The Labute approximate surface area is 90.7 Å². The van der Waals surface area contributed by atoms with E-state index in [0.717, 1.165) is 11.9 Å². The maximum atomic E-state index is 12.6. The SMILES string of the molecule is O=C(NCc1ccn[nH]1)c1ccc(F)cn1. The lowest BCUT2D eigenvalue weighted by Crippen LogP contribution is -2.23. The van der Waals surface area contributed by atoms with Crippen LogP contribution in [0.1, 0.15) is 16.2 Å². The molecule has 1 amide bonds. The van der Waals surface area contributed by atoms with Crippen LogP contribution in [0.4, 0.5) is 4.39 Å².